The predicted molar refractivity (Wildman–Crippen MR) is 150 cm³/mol. The fraction of sp³-hybridized carbons (Fsp3) is 0.241. The number of pyridine rings is 2. The molecule has 0 saturated carbocycles. The van der Waals surface area contributed by atoms with Gasteiger partial charge in [0.25, 0.3) is 0 Å². The number of benzene rings is 1. The van der Waals surface area contributed by atoms with Gasteiger partial charge in [-0.1, -0.05) is 18.2 Å². The van der Waals surface area contributed by atoms with Crippen molar-refractivity contribution in [3.05, 3.63) is 107 Å². The molecule has 38 heavy (non-hydrogen) atoms. The molecular weight excluding hydrogens is 499 g/mol. The molecule has 4 heterocycles. The SMILES string of the molecule is Cc1ccnc(-n2c(C)cc([C@@H]3[C@H](c4ccccn4)NC(=S)N3CCC(=O)Nc3ccccc3F)c2C)c1. The van der Waals surface area contributed by atoms with Gasteiger partial charge in [0.05, 0.1) is 23.5 Å². The highest BCUT2D eigenvalue weighted by molar-refractivity contribution is 7.80. The molecule has 1 aliphatic heterocycles. The van der Waals surface area contributed by atoms with Gasteiger partial charge in [0.15, 0.2) is 5.11 Å². The third-order valence-electron chi connectivity index (χ3n) is 6.84. The summed E-state index contributed by atoms with van der Waals surface area (Å²) in [6.07, 6.45) is 3.72. The molecule has 2 N–H and O–H groups in total. The molecule has 1 fully saturated rings. The number of hydrogen-bond acceptors (Lipinski definition) is 4. The van der Waals surface area contributed by atoms with E-state index in [0.717, 1.165) is 34.0 Å². The Balaban J connectivity index is 1.48. The summed E-state index contributed by atoms with van der Waals surface area (Å²) in [5.41, 5.74) is 5.31. The Kier molecular flexibility index (Phi) is 7.20. The van der Waals surface area contributed by atoms with Crippen molar-refractivity contribution in [2.45, 2.75) is 39.3 Å². The average Bonchev–Trinajstić information content (AvgIpc) is 3.39. The van der Waals surface area contributed by atoms with Gasteiger partial charge in [-0.15, -0.1) is 0 Å². The van der Waals surface area contributed by atoms with E-state index in [9.17, 15) is 9.18 Å². The van der Waals surface area contributed by atoms with Crippen molar-refractivity contribution in [3.8, 4) is 5.82 Å². The average molecular weight is 529 g/mol. The molecule has 0 bridgehead atoms. The van der Waals surface area contributed by atoms with E-state index in [0.29, 0.717) is 11.7 Å². The van der Waals surface area contributed by atoms with Crippen LogP contribution in [0.4, 0.5) is 10.1 Å². The minimum absolute atomic E-state index is 0.139. The van der Waals surface area contributed by atoms with Crippen molar-refractivity contribution in [1.29, 1.82) is 0 Å². The number of anilines is 1. The second-order valence-electron chi connectivity index (χ2n) is 9.45. The zero-order valence-electron chi connectivity index (χ0n) is 21.5. The Morgan fingerprint density at radius 1 is 1.05 bits per heavy atom. The van der Waals surface area contributed by atoms with Gasteiger partial charge in [-0.25, -0.2) is 9.37 Å². The van der Waals surface area contributed by atoms with Crippen LogP contribution in [0.2, 0.25) is 0 Å². The first-order chi connectivity index (χ1) is 18.3. The second-order valence-corrected chi connectivity index (χ2v) is 9.84. The summed E-state index contributed by atoms with van der Waals surface area (Å²) in [4.78, 5) is 24.0. The molecule has 0 spiro atoms. The van der Waals surface area contributed by atoms with Gasteiger partial charge >= 0.3 is 0 Å². The van der Waals surface area contributed by atoms with E-state index in [-0.39, 0.29) is 30.1 Å². The Hall–Kier alpha value is -4.11. The third kappa shape index (κ3) is 5.02. The highest BCUT2D eigenvalue weighted by Crippen LogP contribution is 2.41. The summed E-state index contributed by atoms with van der Waals surface area (Å²) in [5, 5.41) is 6.65. The molecule has 1 amide bonds. The van der Waals surface area contributed by atoms with Crippen LogP contribution in [0.5, 0.6) is 0 Å². The Morgan fingerprint density at radius 3 is 2.58 bits per heavy atom. The molecule has 7 nitrogen and oxygen atoms in total. The van der Waals surface area contributed by atoms with Gasteiger partial charge in [-0.05, 0) is 86.6 Å². The number of carbonyl (C=O) groups is 1. The fourth-order valence-corrected chi connectivity index (χ4v) is 5.40. The first kappa shape index (κ1) is 25.5. The maximum Gasteiger partial charge on any atom is 0.226 e. The van der Waals surface area contributed by atoms with Crippen LogP contribution in [0, 0.1) is 26.6 Å². The maximum atomic E-state index is 14.1. The lowest BCUT2D eigenvalue weighted by Crippen LogP contribution is -2.33. The van der Waals surface area contributed by atoms with Gasteiger partial charge in [-0.3, -0.25) is 9.78 Å². The minimum Gasteiger partial charge on any atom is -0.352 e. The first-order valence-corrected chi connectivity index (χ1v) is 12.9. The van der Waals surface area contributed by atoms with Crippen molar-refractivity contribution < 1.29 is 9.18 Å². The highest BCUT2D eigenvalue weighted by atomic mass is 32.1. The summed E-state index contributed by atoms with van der Waals surface area (Å²) < 4.78 is 16.2. The molecule has 194 valence electrons. The molecule has 1 saturated heterocycles. The standard InChI is InChI=1S/C29H29FN6OS/c1-18-11-14-32-25(16-18)36-19(2)17-21(20(36)3)28-27(24-10-6-7-13-31-24)34-29(38)35(28)15-12-26(37)33-23-9-5-4-8-22(23)30/h4-11,13-14,16-17,27-28H,12,15H2,1-3H3,(H,33,37)(H,34,38)/t27-,28+/m0/s1. The van der Waals surface area contributed by atoms with Crippen LogP contribution in [0.3, 0.4) is 0 Å². The molecule has 9 heteroatoms. The Bertz CT molecular complexity index is 1490. The topological polar surface area (TPSA) is 75.1 Å². The zero-order valence-corrected chi connectivity index (χ0v) is 22.3. The third-order valence-corrected chi connectivity index (χ3v) is 7.20. The monoisotopic (exact) mass is 528 g/mol. The van der Waals surface area contributed by atoms with Crippen LogP contribution in [0.1, 0.15) is 46.7 Å². The van der Waals surface area contributed by atoms with Crippen molar-refractivity contribution in [3.63, 3.8) is 0 Å². The van der Waals surface area contributed by atoms with E-state index in [1.54, 1.807) is 24.4 Å². The minimum atomic E-state index is -0.468. The van der Waals surface area contributed by atoms with Crippen LogP contribution >= 0.6 is 12.2 Å². The summed E-state index contributed by atoms with van der Waals surface area (Å²) in [5.74, 6) is 0.0989. The van der Waals surface area contributed by atoms with Crippen LogP contribution < -0.4 is 10.6 Å². The number of amides is 1. The normalized spacial score (nSPS) is 16.9. The van der Waals surface area contributed by atoms with Gasteiger partial charge in [0.1, 0.15) is 11.6 Å². The second kappa shape index (κ2) is 10.7. The lowest BCUT2D eigenvalue weighted by Gasteiger charge is -2.28. The number of halogens is 1. The molecule has 3 aromatic heterocycles. The first-order valence-electron chi connectivity index (χ1n) is 12.5. The molecule has 4 aromatic rings. The number of hydrogen-bond donors (Lipinski definition) is 2. The summed E-state index contributed by atoms with van der Waals surface area (Å²) in [6, 6.07) is 17.7. The van der Waals surface area contributed by atoms with E-state index in [4.69, 9.17) is 12.2 Å². The van der Waals surface area contributed by atoms with Gasteiger partial charge in [0, 0.05) is 36.7 Å². The summed E-state index contributed by atoms with van der Waals surface area (Å²) in [7, 11) is 0. The number of rotatable bonds is 7. The number of para-hydroxylation sites is 1. The predicted octanol–water partition coefficient (Wildman–Crippen LogP) is 5.33. The number of nitrogens with one attached hydrogen (secondary N) is 2. The number of thiocarbonyl (C=S) groups is 1. The number of carbonyl (C=O) groups excluding carboxylic acids is 1. The summed E-state index contributed by atoms with van der Waals surface area (Å²) in [6.45, 7) is 6.53. The van der Waals surface area contributed by atoms with E-state index in [1.807, 2.05) is 42.3 Å². The van der Waals surface area contributed by atoms with Gasteiger partial charge < -0.3 is 20.1 Å². The van der Waals surface area contributed by atoms with Gasteiger partial charge in [-0.2, -0.15) is 0 Å². The van der Waals surface area contributed by atoms with Crippen LogP contribution in [0.15, 0.2) is 73.1 Å². The molecule has 1 aliphatic rings. The van der Waals surface area contributed by atoms with Crippen LogP contribution in [0.25, 0.3) is 5.82 Å². The van der Waals surface area contributed by atoms with Crippen molar-refractivity contribution in [2.24, 2.45) is 0 Å². The van der Waals surface area contributed by atoms with Crippen molar-refractivity contribution in [2.75, 3.05) is 11.9 Å². The van der Waals surface area contributed by atoms with Crippen LogP contribution in [-0.2, 0) is 4.79 Å². The molecule has 1 aromatic carbocycles. The van der Waals surface area contributed by atoms with E-state index in [1.165, 1.54) is 6.07 Å². The Labute approximate surface area is 226 Å². The number of nitrogens with zero attached hydrogens (tertiary/aromatic N) is 4. The van der Waals surface area contributed by atoms with Crippen LogP contribution in [-0.4, -0.2) is 37.0 Å². The van der Waals surface area contributed by atoms with Gasteiger partial charge in [0.2, 0.25) is 5.91 Å². The lowest BCUT2D eigenvalue weighted by atomic mass is 9.96. The Morgan fingerprint density at radius 2 is 1.84 bits per heavy atom. The largest absolute Gasteiger partial charge is 0.352 e. The summed E-state index contributed by atoms with van der Waals surface area (Å²) >= 11 is 5.77. The smallest absolute Gasteiger partial charge is 0.226 e. The highest BCUT2D eigenvalue weighted by Gasteiger charge is 2.41. The fourth-order valence-electron chi connectivity index (χ4n) is 5.06. The van der Waals surface area contributed by atoms with E-state index < -0.39 is 5.82 Å². The van der Waals surface area contributed by atoms with E-state index >= 15 is 0 Å². The lowest BCUT2D eigenvalue weighted by molar-refractivity contribution is -0.116. The van der Waals surface area contributed by atoms with Crippen molar-refractivity contribution >= 4 is 28.9 Å². The maximum absolute atomic E-state index is 14.1. The molecule has 5 rings (SSSR count). The molecule has 0 radical (unpaired) electrons. The molecule has 0 unspecified atom stereocenters. The zero-order chi connectivity index (χ0) is 26.8. The molecule has 2 atom stereocenters. The molecule has 0 aliphatic carbocycles. The van der Waals surface area contributed by atoms with E-state index in [2.05, 4.69) is 51.1 Å². The quantitative estimate of drug-likeness (QED) is 0.316. The molecular formula is C29H29FN6OS. The number of aromatic nitrogens is 3. The number of aryl methyl sites for hydroxylation is 2. The van der Waals surface area contributed by atoms with Crippen molar-refractivity contribution in [1.82, 2.24) is 24.8 Å².